The minimum atomic E-state index is -0.116. The number of hydrogen-bond acceptors (Lipinski definition) is 4. The number of aromatic nitrogens is 1. The lowest BCUT2D eigenvalue weighted by Gasteiger charge is -2.12. The van der Waals surface area contributed by atoms with Crippen LogP contribution in [0.5, 0.6) is 0 Å². The van der Waals surface area contributed by atoms with E-state index < -0.39 is 0 Å². The first kappa shape index (κ1) is 13.2. The molecule has 2 unspecified atom stereocenters. The van der Waals surface area contributed by atoms with E-state index in [0.29, 0.717) is 16.8 Å². The third kappa shape index (κ3) is 3.38. The third-order valence-corrected chi connectivity index (χ3v) is 4.36. The summed E-state index contributed by atoms with van der Waals surface area (Å²) in [6, 6.07) is 5.41. The van der Waals surface area contributed by atoms with Crippen LogP contribution in [0.25, 0.3) is 0 Å². The molecule has 1 amide bonds. The molecule has 1 aromatic rings. The van der Waals surface area contributed by atoms with Crippen molar-refractivity contribution in [1.29, 1.82) is 0 Å². The van der Waals surface area contributed by atoms with Crippen molar-refractivity contribution in [3.05, 3.63) is 23.9 Å². The van der Waals surface area contributed by atoms with Gasteiger partial charge >= 0.3 is 0 Å². The molecule has 4 nitrogen and oxygen atoms in total. The highest BCUT2D eigenvalue weighted by Crippen LogP contribution is 2.29. The fourth-order valence-electron chi connectivity index (χ4n) is 2.30. The lowest BCUT2D eigenvalue weighted by molar-refractivity contribution is 0.0933. The molecule has 0 saturated heterocycles. The summed E-state index contributed by atoms with van der Waals surface area (Å²) in [5.41, 5.74) is 5.98. The molecule has 0 radical (unpaired) electrons. The fraction of sp³-hybridized carbons (Fsp3) is 0.538. The monoisotopic (exact) mass is 265 g/mol. The number of anilines is 1. The quantitative estimate of drug-likeness (QED) is 0.874. The van der Waals surface area contributed by atoms with Gasteiger partial charge in [-0.3, -0.25) is 4.79 Å². The van der Waals surface area contributed by atoms with Crippen LogP contribution in [0, 0.1) is 0 Å². The van der Waals surface area contributed by atoms with Crippen LogP contribution in [-0.2, 0) is 0 Å². The number of pyridine rings is 1. The number of nitrogens with two attached hydrogens (primary N) is 1. The Balaban J connectivity index is 1.89. The van der Waals surface area contributed by atoms with Crippen molar-refractivity contribution in [2.45, 2.75) is 37.5 Å². The SMILES string of the molecule is CCSC1CCC(NC(=O)c2cccc(N)n2)C1. The van der Waals surface area contributed by atoms with E-state index in [1.54, 1.807) is 18.2 Å². The minimum absolute atomic E-state index is 0.116. The summed E-state index contributed by atoms with van der Waals surface area (Å²) in [5.74, 6) is 1.41. The Morgan fingerprint density at radius 3 is 3.11 bits per heavy atom. The van der Waals surface area contributed by atoms with Crippen LogP contribution in [0.2, 0.25) is 0 Å². The molecule has 0 aliphatic heterocycles. The van der Waals surface area contributed by atoms with Crippen molar-refractivity contribution in [2.24, 2.45) is 0 Å². The third-order valence-electron chi connectivity index (χ3n) is 3.13. The first-order valence-electron chi connectivity index (χ1n) is 6.34. The molecule has 1 saturated carbocycles. The van der Waals surface area contributed by atoms with Crippen molar-refractivity contribution in [2.75, 3.05) is 11.5 Å². The van der Waals surface area contributed by atoms with Gasteiger partial charge in [0.05, 0.1) is 0 Å². The number of nitrogen functional groups attached to an aromatic ring is 1. The van der Waals surface area contributed by atoms with Crippen LogP contribution in [-0.4, -0.2) is 27.9 Å². The fourth-order valence-corrected chi connectivity index (χ4v) is 3.44. The molecular formula is C13H19N3OS. The largest absolute Gasteiger partial charge is 0.384 e. The van der Waals surface area contributed by atoms with Crippen LogP contribution in [0.4, 0.5) is 5.82 Å². The first-order chi connectivity index (χ1) is 8.69. The second-order valence-corrected chi connectivity index (χ2v) is 6.09. The highest BCUT2D eigenvalue weighted by molar-refractivity contribution is 7.99. The van der Waals surface area contributed by atoms with Gasteiger partial charge in [-0.05, 0) is 37.1 Å². The number of nitrogens with one attached hydrogen (secondary N) is 1. The van der Waals surface area contributed by atoms with E-state index in [2.05, 4.69) is 17.2 Å². The van der Waals surface area contributed by atoms with Crippen molar-refractivity contribution in [1.82, 2.24) is 10.3 Å². The normalized spacial score (nSPS) is 22.9. The van der Waals surface area contributed by atoms with E-state index in [1.165, 1.54) is 6.42 Å². The highest BCUT2D eigenvalue weighted by atomic mass is 32.2. The van der Waals surface area contributed by atoms with Gasteiger partial charge in [0.15, 0.2) is 0 Å². The van der Waals surface area contributed by atoms with Crippen LogP contribution in [0.3, 0.4) is 0 Å². The first-order valence-corrected chi connectivity index (χ1v) is 7.39. The molecule has 2 atom stereocenters. The number of amides is 1. The molecule has 3 N–H and O–H groups in total. The zero-order chi connectivity index (χ0) is 13.0. The van der Waals surface area contributed by atoms with Crippen LogP contribution in [0.1, 0.15) is 36.7 Å². The van der Waals surface area contributed by atoms with E-state index in [0.717, 1.165) is 18.6 Å². The van der Waals surface area contributed by atoms with E-state index in [1.807, 2.05) is 11.8 Å². The zero-order valence-electron chi connectivity index (χ0n) is 10.6. The summed E-state index contributed by atoms with van der Waals surface area (Å²) in [6.07, 6.45) is 3.31. The van der Waals surface area contributed by atoms with Gasteiger partial charge in [0.1, 0.15) is 11.5 Å². The second kappa shape index (κ2) is 6.09. The van der Waals surface area contributed by atoms with Gasteiger partial charge in [0.2, 0.25) is 0 Å². The summed E-state index contributed by atoms with van der Waals surface area (Å²) in [5, 5.41) is 3.73. The van der Waals surface area contributed by atoms with Gasteiger partial charge < -0.3 is 11.1 Å². The summed E-state index contributed by atoms with van der Waals surface area (Å²) in [7, 11) is 0. The van der Waals surface area contributed by atoms with E-state index >= 15 is 0 Å². The average molecular weight is 265 g/mol. The summed E-state index contributed by atoms with van der Waals surface area (Å²) in [4.78, 5) is 16.0. The molecule has 2 rings (SSSR count). The maximum Gasteiger partial charge on any atom is 0.270 e. The average Bonchev–Trinajstić information content (AvgIpc) is 2.77. The van der Waals surface area contributed by atoms with Gasteiger partial charge in [0, 0.05) is 11.3 Å². The molecule has 0 spiro atoms. The molecule has 1 aliphatic rings. The number of carbonyl (C=O) groups is 1. The van der Waals surface area contributed by atoms with Gasteiger partial charge in [-0.2, -0.15) is 11.8 Å². The zero-order valence-corrected chi connectivity index (χ0v) is 11.4. The lowest BCUT2D eigenvalue weighted by Crippen LogP contribution is -2.33. The molecule has 18 heavy (non-hydrogen) atoms. The Kier molecular flexibility index (Phi) is 4.47. The number of thioether (sulfide) groups is 1. The van der Waals surface area contributed by atoms with Crippen LogP contribution >= 0.6 is 11.8 Å². The molecule has 0 aromatic carbocycles. The van der Waals surface area contributed by atoms with Crippen molar-refractivity contribution >= 4 is 23.5 Å². The number of rotatable bonds is 4. The van der Waals surface area contributed by atoms with E-state index in [-0.39, 0.29) is 11.9 Å². The predicted molar refractivity (Wildman–Crippen MR) is 75.7 cm³/mol. The Bertz CT molecular complexity index is 424. The van der Waals surface area contributed by atoms with Crippen molar-refractivity contribution in [3.63, 3.8) is 0 Å². The smallest absolute Gasteiger partial charge is 0.270 e. The van der Waals surface area contributed by atoms with E-state index in [4.69, 9.17) is 5.73 Å². The number of hydrogen-bond donors (Lipinski definition) is 2. The topological polar surface area (TPSA) is 68.0 Å². The molecule has 98 valence electrons. The van der Waals surface area contributed by atoms with Gasteiger partial charge in [-0.25, -0.2) is 4.98 Å². The van der Waals surface area contributed by atoms with Gasteiger partial charge in [-0.1, -0.05) is 13.0 Å². The van der Waals surface area contributed by atoms with Crippen LogP contribution in [0.15, 0.2) is 18.2 Å². The standard InChI is InChI=1S/C13H19N3OS/c1-2-18-10-7-6-9(8-10)15-13(17)11-4-3-5-12(14)16-11/h3-5,9-10H,2,6-8H2,1H3,(H2,14,16)(H,15,17). The second-order valence-electron chi connectivity index (χ2n) is 4.51. The maximum absolute atomic E-state index is 12.0. The number of carbonyl (C=O) groups excluding carboxylic acids is 1. The van der Waals surface area contributed by atoms with E-state index in [9.17, 15) is 4.79 Å². The lowest BCUT2D eigenvalue weighted by atomic mass is 10.2. The maximum atomic E-state index is 12.0. The molecule has 1 aliphatic carbocycles. The highest BCUT2D eigenvalue weighted by Gasteiger charge is 2.26. The Labute approximate surface area is 112 Å². The summed E-state index contributed by atoms with van der Waals surface area (Å²) >= 11 is 1.98. The van der Waals surface area contributed by atoms with Crippen molar-refractivity contribution < 1.29 is 4.79 Å². The Hall–Kier alpha value is -1.23. The number of nitrogens with zero attached hydrogens (tertiary/aromatic N) is 1. The molecule has 5 heteroatoms. The molecule has 0 bridgehead atoms. The van der Waals surface area contributed by atoms with Crippen molar-refractivity contribution in [3.8, 4) is 0 Å². The molecule has 1 aromatic heterocycles. The van der Waals surface area contributed by atoms with Gasteiger partial charge in [0.25, 0.3) is 5.91 Å². The van der Waals surface area contributed by atoms with Gasteiger partial charge in [-0.15, -0.1) is 0 Å². The summed E-state index contributed by atoms with van der Waals surface area (Å²) < 4.78 is 0. The molecule has 1 heterocycles. The minimum Gasteiger partial charge on any atom is -0.384 e. The molecular weight excluding hydrogens is 246 g/mol. The Morgan fingerprint density at radius 1 is 1.56 bits per heavy atom. The summed E-state index contributed by atoms with van der Waals surface area (Å²) in [6.45, 7) is 2.17. The Morgan fingerprint density at radius 2 is 2.39 bits per heavy atom. The molecule has 1 fully saturated rings. The van der Waals surface area contributed by atoms with Crippen LogP contribution < -0.4 is 11.1 Å². The predicted octanol–water partition coefficient (Wildman–Crippen LogP) is 2.07.